The standard InChI is InChI=1S/C19H17Cl3N2O4/c20-12-8-9-14(22)16(10-12)24-18(26)11-28-19(27)7-3-6-17(25)23-15-5-2-1-4-13(15)21/h1-2,4-5,8-10H,3,6-7,11H2,(H,23,25)(H,24,26). The van der Waals surface area contributed by atoms with Gasteiger partial charge in [0.1, 0.15) is 0 Å². The monoisotopic (exact) mass is 442 g/mol. The van der Waals surface area contributed by atoms with Crippen molar-refractivity contribution in [3.63, 3.8) is 0 Å². The van der Waals surface area contributed by atoms with Gasteiger partial charge in [-0.25, -0.2) is 0 Å². The molecule has 0 spiro atoms. The van der Waals surface area contributed by atoms with Crippen molar-refractivity contribution in [2.75, 3.05) is 17.2 Å². The van der Waals surface area contributed by atoms with Gasteiger partial charge in [-0.2, -0.15) is 0 Å². The van der Waals surface area contributed by atoms with Crippen LogP contribution in [0.15, 0.2) is 42.5 Å². The summed E-state index contributed by atoms with van der Waals surface area (Å²) in [6.45, 7) is -0.465. The Labute approximate surface area is 177 Å². The van der Waals surface area contributed by atoms with Crippen LogP contribution in [0.3, 0.4) is 0 Å². The van der Waals surface area contributed by atoms with Crippen LogP contribution in [0.2, 0.25) is 15.1 Å². The summed E-state index contributed by atoms with van der Waals surface area (Å²) >= 11 is 17.7. The largest absolute Gasteiger partial charge is 0.456 e. The number of benzene rings is 2. The third kappa shape index (κ3) is 7.38. The first-order chi connectivity index (χ1) is 13.3. The molecular weight excluding hydrogens is 427 g/mol. The molecule has 0 fully saturated rings. The molecule has 0 saturated heterocycles. The minimum atomic E-state index is -0.585. The van der Waals surface area contributed by atoms with E-state index in [2.05, 4.69) is 10.6 Å². The number of carbonyl (C=O) groups is 3. The number of para-hydroxylation sites is 1. The maximum Gasteiger partial charge on any atom is 0.306 e. The molecule has 0 heterocycles. The van der Waals surface area contributed by atoms with Crippen LogP contribution in [-0.4, -0.2) is 24.4 Å². The summed E-state index contributed by atoms with van der Waals surface area (Å²) in [5, 5.41) is 6.32. The molecule has 148 valence electrons. The van der Waals surface area contributed by atoms with Crippen LogP contribution in [0.5, 0.6) is 0 Å². The zero-order valence-corrected chi connectivity index (χ0v) is 16.9. The summed E-state index contributed by atoms with van der Waals surface area (Å²) in [6.07, 6.45) is 0.392. The second kappa shape index (κ2) is 10.9. The van der Waals surface area contributed by atoms with Crippen molar-refractivity contribution >= 4 is 64.0 Å². The van der Waals surface area contributed by atoms with Crippen LogP contribution in [0.4, 0.5) is 11.4 Å². The maximum absolute atomic E-state index is 11.9. The lowest BCUT2D eigenvalue weighted by Crippen LogP contribution is -2.21. The van der Waals surface area contributed by atoms with Gasteiger partial charge in [-0.15, -0.1) is 0 Å². The van der Waals surface area contributed by atoms with Crippen LogP contribution in [0, 0.1) is 0 Å². The Morgan fingerprint density at radius 3 is 2.25 bits per heavy atom. The Balaban J connectivity index is 1.67. The Hall–Kier alpha value is -2.28. The van der Waals surface area contributed by atoms with E-state index in [0.29, 0.717) is 26.4 Å². The third-order valence-electron chi connectivity index (χ3n) is 3.50. The first kappa shape index (κ1) is 22.0. The van der Waals surface area contributed by atoms with E-state index in [1.54, 1.807) is 36.4 Å². The molecule has 9 heteroatoms. The van der Waals surface area contributed by atoms with Gasteiger partial charge in [-0.05, 0) is 36.8 Å². The van der Waals surface area contributed by atoms with Gasteiger partial charge in [0, 0.05) is 17.9 Å². The van der Waals surface area contributed by atoms with Crippen LogP contribution < -0.4 is 10.6 Å². The van der Waals surface area contributed by atoms with Crippen molar-refractivity contribution in [2.24, 2.45) is 0 Å². The predicted octanol–water partition coefficient (Wildman–Crippen LogP) is 4.94. The Kier molecular flexibility index (Phi) is 8.57. The summed E-state index contributed by atoms with van der Waals surface area (Å²) in [5.74, 6) is -1.40. The fourth-order valence-corrected chi connectivity index (χ4v) is 2.69. The molecule has 6 nitrogen and oxygen atoms in total. The number of rotatable bonds is 8. The van der Waals surface area contributed by atoms with Crippen molar-refractivity contribution in [3.05, 3.63) is 57.5 Å². The number of ether oxygens (including phenoxy) is 1. The lowest BCUT2D eigenvalue weighted by atomic mass is 10.2. The van der Waals surface area contributed by atoms with E-state index in [-0.39, 0.29) is 25.2 Å². The number of esters is 1. The lowest BCUT2D eigenvalue weighted by molar-refractivity contribution is -0.147. The molecule has 2 aromatic carbocycles. The molecule has 0 bridgehead atoms. The molecule has 2 rings (SSSR count). The van der Waals surface area contributed by atoms with Crippen LogP contribution in [-0.2, 0) is 19.1 Å². The highest BCUT2D eigenvalue weighted by molar-refractivity contribution is 6.35. The topological polar surface area (TPSA) is 84.5 Å². The van der Waals surface area contributed by atoms with Crippen molar-refractivity contribution in [2.45, 2.75) is 19.3 Å². The zero-order valence-electron chi connectivity index (χ0n) is 14.6. The molecule has 0 aromatic heterocycles. The Morgan fingerprint density at radius 2 is 1.50 bits per heavy atom. The quantitative estimate of drug-likeness (QED) is 0.566. The third-order valence-corrected chi connectivity index (χ3v) is 4.39. The normalized spacial score (nSPS) is 10.2. The van der Waals surface area contributed by atoms with E-state index < -0.39 is 18.5 Å². The second-order valence-electron chi connectivity index (χ2n) is 5.71. The highest BCUT2D eigenvalue weighted by Gasteiger charge is 2.11. The molecule has 0 aliphatic carbocycles. The summed E-state index contributed by atoms with van der Waals surface area (Å²) in [7, 11) is 0. The maximum atomic E-state index is 11.9. The van der Waals surface area contributed by atoms with Crippen molar-refractivity contribution in [1.82, 2.24) is 0 Å². The molecule has 0 aliphatic rings. The lowest BCUT2D eigenvalue weighted by Gasteiger charge is -2.09. The highest BCUT2D eigenvalue weighted by atomic mass is 35.5. The van der Waals surface area contributed by atoms with E-state index in [1.807, 2.05) is 0 Å². The van der Waals surface area contributed by atoms with Gasteiger partial charge in [0.05, 0.1) is 21.4 Å². The molecule has 2 amide bonds. The second-order valence-corrected chi connectivity index (χ2v) is 6.97. The van der Waals surface area contributed by atoms with Crippen molar-refractivity contribution in [3.8, 4) is 0 Å². The number of nitrogens with one attached hydrogen (secondary N) is 2. The molecule has 0 atom stereocenters. The molecule has 2 aromatic rings. The minimum absolute atomic E-state index is 0.00113. The Bertz CT molecular complexity index is 874. The molecule has 28 heavy (non-hydrogen) atoms. The van der Waals surface area contributed by atoms with Gasteiger partial charge >= 0.3 is 5.97 Å². The molecule has 0 saturated carbocycles. The summed E-state index contributed by atoms with van der Waals surface area (Å²) in [5.41, 5.74) is 0.833. The van der Waals surface area contributed by atoms with Gasteiger partial charge in [0.15, 0.2) is 6.61 Å². The fourth-order valence-electron chi connectivity index (χ4n) is 2.17. The van der Waals surface area contributed by atoms with Crippen LogP contribution >= 0.6 is 34.8 Å². The van der Waals surface area contributed by atoms with E-state index >= 15 is 0 Å². The number of carbonyl (C=O) groups excluding carboxylic acids is 3. The van der Waals surface area contributed by atoms with Gasteiger partial charge in [-0.3, -0.25) is 14.4 Å². The highest BCUT2D eigenvalue weighted by Crippen LogP contribution is 2.25. The molecule has 2 N–H and O–H groups in total. The van der Waals surface area contributed by atoms with Gasteiger partial charge < -0.3 is 15.4 Å². The first-order valence-corrected chi connectivity index (χ1v) is 9.43. The SMILES string of the molecule is O=C(CCCC(=O)OCC(=O)Nc1cc(Cl)ccc1Cl)Nc1ccccc1Cl. The zero-order chi connectivity index (χ0) is 20.5. The first-order valence-electron chi connectivity index (χ1n) is 8.30. The number of hydrogen-bond donors (Lipinski definition) is 2. The predicted molar refractivity (Wildman–Crippen MR) is 110 cm³/mol. The van der Waals surface area contributed by atoms with E-state index in [9.17, 15) is 14.4 Å². The fraction of sp³-hybridized carbons (Fsp3) is 0.211. The average Bonchev–Trinajstić information content (AvgIpc) is 2.65. The smallest absolute Gasteiger partial charge is 0.306 e. The van der Waals surface area contributed by atoms with Gasteiger partial charge in [0.25, 0.3) is 5.91 Å². The van der Waals surface area contributed by atoms with E-state index in [1.165, 1.54) is 6.07 Å². The molecule has 0 unspecified atom stereocenters. The van der Waals surface area contributed by atoms with Crippen molar-refractivity contribution < 1.29 is 19.1 Å². The number of anilines is 2. The number of hydrogen-bond acceptors (Lipinski definition) is 4. The molecular formula is C19H17Cl3N2O4. The molecule has 0 radical (unpaired) electrons. The number of halogens is 3. The van der Waals surface area contributed by atoms with E-state index in [0.717, 1.165) is 0 Å². The van der Waals surface area contributed by atoms with Gasteiger partial charge in [0.2, 0.25) is 5.91 Å². The average molecular weight is 444 g/mol. The summed E-state index contributed by atoms with van der Waals surface area (Å²) < 4.78 is 4.89. The van der Waals surface area contributed by atoms with Gasteiger partial charge in [-0.1, -0.05) is 46.9 Å². The molecule has 0 aliphatic heterocycles. The number of amides is 2. The minimum Gasteiger partial charge on any atom is -0.456 e. The summed E-state index contributed by atoms with van der Waals surface area (Å²) in [4.78, 5) is 35.4. The van der Waals surface area contributed by atoms with Crippen LogP contribution in [0.1, 0.15) is 19.3 Å². The van der Waals surface area contributed by atoms with Crippen molar-refractivity contribution in [1.29, 1.82) is 0 Å². The Morgan fingerprint density at radius 1 is 0.821 bits per heavy atom. The van der Waals surface area contributed by atoms with E-state index in [4.69, 9.17) is 39.5 Å². The van der Waals surface area contributed by atoms with Crippen LogP contribution in [0.25, 0.3) is 0 Å². The summed E-state index contributed by atoms with van der Waals surface area (Å²) in [6, 6.07) is 11.5.